The Bertz CT molecular complexity index is 328. The molecular weight excluding hydrogens is 223 g/mol. The van der Waals surface area contributed by atoms with Crippen molar-refractivity contribution in [2.45, 2.75) is 40.5 Å². The van der Waals surface area contributed by atoms with E-state index in [2.05, 4.69) is 64.7 Å². The Morgan fingerprint density at radius 1 is 1.18 bits per heavy atom. The molecule has 0 nitrogen and oxygen atoms in total. The van der Waals surface area contributed by atoms with Crippen LogP contribution in [0, 0.1) is 10.8 Å². The van der Waals surface area contributed by atoms with Gasteiger partial charge in [-0.15, -0.1) is 8.58 Å². The molecule has 0 saturated carbocycles. The van der Waals surface area contributed by atoms with Crippen LogP contribution in [0.5, 0.6) is 0 Å². The van der Waals surface area contributed by atoms with Gasteiger partial charge >= 0.3 is 0 Å². The van der Waals surface area contributed by atoms with Gasteiger partial charge in [0.05, 0.1) is 0 Å². The minimum atomic E-state index is 0.330. The molecule has 0 fully saturated rings. The Hall–Kier alpha value is -0.350. The van der Waals surface area contributed by atoms with Crippen LogP contribution < -0.4 is 0 Å². The summed E-state index contributed by atoms with van der Waals surface area (Å²) in [7, 11) is 1.02. The van der Waals surface area contributed by atoms with Gasteiger partial charge in [0.15, 0.2) is 0 Å². The fourth-order valence-corrected chi connectivity index (χ4v) is 3.92. The van der Waals surface area contributed by atoms with Crippen LogP contribution in [0.3, 0.4) is 0 Å². The lowest BCUT2D eigenvalue weighted by Gasteiger charge is -2.37. The van der Waals surface area contributed by atoms with Gasteiger partial charge in [0, 0.05) is 0 Å². The smallest absolute Gasteiger partial charge is 0.00337 e. The van der Waals surface area contributed by atoms with Gasteiger partial charge in [-0.1, -0.05) is 58.1 Å². The molecule has 2 atom stereocenters. The van der Waals surface area contributed by atoms with E-state index >= 15 is 0 Å². The van der Waals surface area contributed by atoms with Gasteiger partial charge in [-0.2, -0.15) is 0 Å². The molecule has 17 heavy (non-hydrogen) atoms. The van der Waals surface area contributed by atoms with E-state index in [1.165, 1.54) is 18.2 Å². The van der Waals surface area contributed by atoms with Crippen molar-refractivity contribution in [3.05, 3.63) is 36.0 Å². The number of hydrogen-bond acceptors (Lipinski definition) is 0. The highest BCUT2D eigenvalue weighted by Crippen LogP contribution is 2.43. The maximum Gasteiger partial charge on any atom is -0.00337 e. The van der Waals surface area contributed by atoms with E-state index in [0.717, 1.165) is 15.0 Å². The van der Waals surface area contributed by atoms with Crippen LogP contribution in [0.4, 0.5) is 0 Å². The molecule has 0 spiro atoms. The van der Waals surface area contributed by atoms with Crippen LogP contribution in [0.25, 0.3) is 0 Å². The average molecular weight is 250 g/mol. The minimum absolute atomic E-state index is 0.330. The van der Waals surface area contributed by atoms with Gasteiger partial charge in [-0.3, -0.25) is 0 Å². The second kappa shape index (κ2) is 6.01. The third kappa shape index (κ3) is 4.80. The second-order valence-corrected chi connectivity index (χ2v) is 7.58. The third-order valence-electron chi connectivity index (χ3n) is 3.17. The van der Waals surface area contributed by atoms with Crippen molar-refractivity contribution in [3.63, 3.8) is 0 Å². The predicted molar refractivity (Wildman–Crippen MR) is 82.3 cm³/mol. The number of rotatable bonds is 4. The average Bonchev–Trinajstić information content (AvgIpc) is 2.42. The van der Waals surface area contributed by atoms with Gasteiger partial charge in [0.1, 0.15) is 0 Å². The number of allylic oxidation sites excluding steroid dienone is 6. The summed E-state index contributed by atoms with van der Waals surface area (Å²) >= 11 is 0. The summed E-state index contributed by atoms with van der Waals surface area (Å²) < 4.78 is 0. The van der Waals surface area contributed by atoms with Crippen LogP contribution in [-0.4, -0.2) is 12.8 Å². The van der Waals surface area contributed by atoms with E-state index in [-0.39, 0.29) is 0 Å². The molecule has 1 aliphatic carbocycles. The fraction of sp³-hybridized carbons (Fsp3) is 0.625. The lowest BCUT2D eigenvalue weighted by molar-refractivity contribution is 0.257. The normalized spacial score (nSPS) is 20.4. The molecule has 1 rings (SSSR count). The molecule has 0 bridgehead atoms. The molecular formula is C16H27P. The van der Waals surface area contributed by atoms with E-state index in [9.17, 15) is 0 Å². The maximum atomic E-state index is 2.43. The molecule has 0 N–H and O–H groups in total. The van der Waals surface area contributed by atoms with E-state index < -0.39 is 0 Å². The summed E-state index contributed by atoms with van der Waals surface area (Å²) in [6.45, 7) is 11.8. The summed E-state index contributed by atoms with van der Waals surface area (Å²) in [4.78, 5) is 0. The van der Waals surface area contributed by atoms with E-state index in [1.807, 2.05) is 0 Å². The predicted octanol–water partition coefficient (Wildman–Crippen LogP) is 5.18. The van der Waals surface area contributed by atoms with Gasteiger partial charge in [-0.05, 0) is 42.1 Å². The van der Waals surface area contributed by atoms with Gasteiger partial charge in [0.25, 0.3) is 0 Å². The zero-order valence-electron chi connectivity index (χ0n) is 12.0. The van der Waals surface area contributed by atoms with Crippen LogP contribution >= 0.6 is 8.58 Å². The van der Waals surface area contributed by atoms with E-state index in [0.29, 0.717) is 10.8 Å². The Morgan fingerprint density at radius 2 is 1.88 bits per heavy atom. The van der Waals surface area contributed by atoms with Crippen molar-refractivity contribution in [2.75, 3.05) is 12.8 Å². The first-order chi connectivity index (χ1) is 7.87. The second-order valence-electron chi connectivity index (χ2n) is 6.52. The fourth-order valence-electron chi connectivity index (χ4n) is 2.81. The van der Waals surface area contributed by atoms with Crippen molar-refractivity contribution >= 4 is 8.58 Å². The Kier molecular flexibility index (Phi) is 5.20. The van der Waals surface area contributed by atoms with E-state index in [4.69, 9.17) is 0 Å². The molecule has 0 aromatic heterocycles. The zero-order chi connectivity index (χ0) is 12.9. The quantitative estimate of drug-likeness (QED) is 0.603. The molecule has 0 aliphatic heterocycles. The highest BCUT2D eigenvalue weighted by molar-refractivity contribution is 7.37. The molecule has 1 heteroatoms. The van der Waals surface area contributed by atoms with Crippen molar-refractivity contribution in [1.82, 2.24) is 0 Å². The standard InChI is InChI=1S/C16H27P/c1-15(2,3)12-16(4,13-17-5)14-10-8-6-7-9-11-14/h6,8-11,17H,7,12-13H2,1-5H3. The monoisotopic (exact) mass is 250 g/mol. The molecule has 0 saturated heterocycles. The summed E-state index contributed by atoms with van der Waals surface area (Å²) in [6.07, 6.45) is 15.0. The van der Waals surface area contributed by atoms with Gasteiger partial charge in [0.2, 0.25) is 0 Å². The summed E-state index contributed by atoms with van der Waals surface area (Å²) in [5.41, 5.74) is 2.23. The van der Waals surface area contributed by atoms with Crippen LogP contribution in [-0.2, 0) is 0 Å². The molecule has 0 aromatic rings. The highest BCUT2D eigenvalue weighted by atomic mass is 31.1. The lowest BCUT2D eigenvalue weighted by Crippen LogP contribution is -2.27. The first-order valence-corrected chi connectivity index (χ1v) is 8.27. The van der Waals surface area contributed by atoms with Crippen LogP contribution in [0.15, 0.2) is 36.0 Å². The van der Waals surface area contributed by atoms with Crippen molar-refractivity contribution in [2.24, 2.45) is 10.8 Å². The van der Waals surface area contributed by atoms with Gasteiger partial charge < -0.3 is 0 Å². The highest BCUT2D eigenvalue weighted by Gasteiger charge is 2.31. The largest absolute Gasteiger partial charge is 0.124 e. The SMILES string of the molecule is CPCC(C)(CC(C)(C)C)C1=CC=CCC=C1. The topological polar surface area (TPSA) is 0 Å². The molecule has 0 radical (unpaired) electrons. The molecule has 0 aromatic carbocycles. The zero-order valence-corrected chi connectivity index (χ0v) is 13.0. The van der Waals surface area contributed by atoms with Gasteiger partial charge in [-0.25, -0.2) is 0 Å². The van der Waals surface area contributed by atoms with Crippen LogP contribution in [0.1, 0.15) is 40.5 Å². The van der Waals surface area contributed by atoms with Crippen molar-refractivity contribution < 1.29 is 0 Å². The molecule has 96 valence electrons. The minimum Gasteiger partial charge on any atom is -0.124 e. The van der Waals surface area contributed by atoms with Crippen molar-refractivity contribution in [1.29, 1.82) is 0 Å². The Morgan fingerprint density at radius 3 is 2.47 bits per heavy atom. The molecule has 2 unspecified atom stereocenters. The first-order valence-electron chi connectivity index (χ1n) is 6.56. The maximum absolute atomic E-state index is 2.43. The van der Waals surface area contributed by atoms with Crippen LogP contribution in [0.2, 0.25) is 0 Å². The van der Waals surface area contributed by atoms with Crippen molar-refractivity contribution in [3.8, 4) is 0 Å². The molecule has 0 heterocycles. The Balaban J connectivity index is 2.97. The number of hydrogen-bond donors (Lipinski definition) is 0. The van der Waals surface area contributed by atoms with E-state index in [1.54, 1.807) is 0 Å². The third-order valence-corrected chi connectivity index (χ3v) is 4.30. The summed E-state index contributed by atoms with van der Waals surface area (Å²) in [5.74, 6) is 0. The molecule has 0 amide bonds. The lowest BCUT2D eigenvalue weighted by atomic mass is 9.71. The molecule has 1 aliphatic rings. The summed E-state index contributed by atoms with van der Waals surface area (Å²) in [5, 5.41) is 0. The Labute approximate surface area is 109 Å². The summed E-state index contributed by atoms with van der Waals surface area (Å²) in [6, 6.07) is 0. The first kappa shape index (κ1) is 14.7.